The Morgan fingerprint density at radius 2 is 1.79 bits per heavy atom. The van der Waals surface area contributed by atoms with Gasteiger partial charge in [0.05, 0.1) is 0 Å². The number of amides is 1. The van der Waals surface area contributed by atoms with Crippen LogP contribution in [0.5, 0.6) is 0 Å². The van der Waals surface area contributed by atoms with Gasteiger partial charge >= 0.3 is 0 Å². The minimum absolute atomic E-state index is 0.200. The highest BCUT2D eigenvalue weighted by Crippen LogP contribution is 2.04. The van der Waals surface area contributed by atoms with Crippen molar-refractivity contribution in [2.24, 2.45) is 5.73 Å². The van der Waals surface area contributed by atoms with Crippen LogP contribution in [0, 0.1) is 0 Å². The molecule has 0 heterocycles. The maximum atomic E-state index is 11.2. The fourth-order valence-electron chi connectivity index (χ4n) is 1.31. The highest BCUT2D eigenvalue weighted by Gasteiger charge is 1.98. The molecular weight excluding hydrogens is 176 g/mol. The van der Waals surface area contributed by atoms with Crippen LogP contribution in [0.25, 0.3) is 0 Å². The van der Waals surface area contributed by atoms with Crippen LogP contribution < -0.4 is 11.1 Å². The molecule has 0 spiro atoms. The molecular formula is C11H24N2O. The third-order valence-electron chi connectivity index (χ3n) is 2.18. The van der Waals surface area contributed by atoms with Gasteiger partial charge in [-0.25, -0.2) is 0 Å². The molecule has 0 fully saturated rings. The monoisotopic (exact) mass is 200 g/mol. The minimum Gasteiger partial charge on any atom is -0.356 e. The van der Waals surface area contributed by atoms with E-state index in [1.54, 1.807) is 0 Å². The Labute approximate surface area is 87.4 Å². The topological polar surface area (TPSA) is 55.1 Å². The summed E-state index contributed by atoms with van der Waals surface area (Å²) in [4.78, 5) is 11.2. The van der Waals surface area contributed by atoms with Gasteiger partial charge in [-0.05, 0) is 25.8 Å². The zero-order chi connectivity index (χ0) is 10.6. The van der Waals surface area contributed by atoms with Crippen LogP contribution in [-0.2, 0) is 4.79 Å². The van der Waals surface area contributed by atoms with E-state index in [4.69, 9.17) is 5.73 Å². The number of rotatable bonds is 9. The molecule has 0 aromatic rings. The number of hydrogen-bond acceptors (Lipinski definition) is 2. The second kappa shape index (κ2) is 10.5. The summed E-state index contributed by atoms with van der Waals surface area (Å²) in [6.07, 6.45) is 7.39. The highest BCUT2D eigenvalue weighted by atomic mass is 16.1. The molecule has 0 unspecified atom stereocenters. The molecule has 0 saturated heterocycles. The summed E-state index contributed by atoms with van der Waals surface area (Å²) in [5, 5.41) is 2.88. The van der Waals surface area contributed by atoms with Crippen molar-refractivity contribution in [3.8, 4) is 0 Å². The van der Waals surface area contributed by atoms with Crippen molar-refractivity contribution in [1.82, 2.24) is 5.32 Å². The van der Waals surface area contributed by atoms with E-state index in [0.29, 0.717) is 6.42 Å². The van der Waals surface area contributed by atoms with Crippen molar-refractivity contribution in [2.75, 3.05) is 13.1 Å². The van der Waals surface area contributed by atoms with Crippen LogP contribution in [0.3, 0.4) is 0 Å². The summed E-state index contributed by atoms with van der Waals surface area (Å²) in [5.41, 5.74) is 5.38. The van der Waals surface area contributed by atoms with E-state index >= 15 is 0 Å². The molecule has 0 aliphatic heterocycles. The third-order valence-corrected chi connectivity index (χ3v) is 2.18. The van der Waals surface area contributed by atoms with Crippen molar-refractivity contribution >= 4 is 5.91 Å². The lowest BCUT2D eigenvalue weighted by Crippen LogP contribution is -2.23. The summed E-state index contributed by atoms with van der Waals surface area (Å²) in [6.45, 7) is 3.66. The SMILES string of the molecule is CCCNC(=O)CCCCCCCN. The second-order valence-corrected chi connectivity index (χ2v) is 3.66. The summed E-state index contributed by atoms with van der Waals surface area (Å²) in [5.74, 6) is 0.200. The highest BCUT2D eigenvalue weighted by molar-refractivity contribution is 5.75. The molecule has 0 saturated carbocycles. The van der Waals surface area contributed by atoms with E-state index in [1.165, 1.54) is 12.8 Å². The van der Waals surface area contributed by atoms with Crippen molar-refractivity contribution in [3.63, 3.8) is 0 Å². The molecule has 0 aromatic carbocycles. The van der Waals surface area contributed by atoms with Gasteiger partial charge in [0.2, 0.25) is 5.91 Å². The van der Waals surface area contributed by atoms with Gasteiger partial charge in [0, 0.05) is 13.0 Å². The maximum Gasteiger partial charge on any atom is 0.219 e. The quantitative estimate of drug-likeness (QED) is 0.558. The lowest BCUT2D eigenvalue weighted by molar-refractivity contribution is -0.121. The van der Waals surface area contributed by atoms with Crippen molar-refractivity contribution in [3.05, 3.63) is 0 Å². The zero-order valence-corrected chi connectivity index (χ0v) is 9.35. The molecule has 0 aromatic heterocycles. The molecule has 0 atom stereocenters. The summed E-state index contributed by atoms with van der Waals surface area (Å²) in [7, 11) is 0. The van der Waals surface area contributed by atoms with Gasteiger partial charge in [-0.3, -0.25) is 4.79 Å². The number of unbranched alkanes of at least 4 members (excludes halogenated alkanes) is 4. The van der Waals surface area contributed by atoms with Crippen LogP contribution in [0.4, 0.5) is 0 Å². The Balaban J connectivity index is 3.07. The first-order valence-corrected chi connectivity index (χ1v) is 5.78. The van der Waals surface area contributed by atoms with Crippen LogP contribution in [0.15, 0.2) is 0 Å². The molecule has 0 bridgehead atoms. The first kappa shape index (κ1) is 13.4. The van der Waals surface area contributed by atoms with E-state index in [-0.39, 0.29) is 5.91 Å². The van der Waals surface area contributed by atoms with Crippen molar-refractivity contribution in [2.45, 2.75) is 51.9 Å². The van der Waals surface area contributed by atoms with E-state index in [1.807, 2.05) is 0 Å². The Morgan fingerprint density at radius 3 is 2.43 bits per heavy atom. The van der Waals surface area contributed by atoms with Crippen LogP contribution in [-0.4, -0.2) is 19.0 Å². The molecule has 14 heavy (non-hydrogen) atoms. The number of carbonyl (C=O) groups is 1. The van der Waals surface area contributed by atoms with Crippen LogP contribution in [0.2, 0.25) is 0 Å². The Hall–Kier alpha value is -0.570. The van der Waals surface area contributed by atoms with Crippen molar-refractivity contribution < 1.29 is 4.79 Å². The van der Waals surface area contributed by atoms with E-state index in [2.05, 4.69) is 12.2 Å². The predicted octanol–water partition coefficient (Wildman–Crippen LogP) is 1.81. The van der Waals surface area contributed by atoms with Gasteiger partial charge < -0.3 is 11.1 Å². The largest absolute Gasteiger partial charge is 0.356 e. The predicted molar refractivity (Wildman–Crippen MR) is 60.1 cm³/mol. The van der Waals surface area contributed by atoms with Gasteiger partial charge in [0.25, 0.3) is 0 Å². The number of nitrogens with two attached hydrogens (primary N) is 1. The molecule has 3 nitrogen and oxygen atoms in total. The van der Waals surface area contributed by atoms with Crippen LogP contribution in [0.1, 0.15) is 51.9 Å². The molecule has 3 heteroatoms. The molecule has 0 rings (SSSR count). The van der Waals surface area contributed by atoms with Crippen LogP contribution >= 0.6 is 0 Å². The second-order valence-electron chi connectivity index (χ2n) is 3.66. The summed E-state index contributed by atoms with van der Waals surface area (Å²) in [6, 6.07) is 0. The number of carbonyl (C=O) groups excluding carboxylic acids is 1. The lowest BCUT2D eigenvalue weighted by Gasteiger charge is -2.03. The first-order valence-electron chi connectivity index (χ1n) is 5.78. The average Bonchev–Trinajstić information content (AvgIpc) is 2.20. The number of hydrogen-bond donors (Lipinski definition) is 2. The Kier molecular flexibility index (Phi) is 10.1. The van der Waals surface area contributed by atoms with E-state index in [0.717, 1.165) is 38.8 Å². The van der Waals surface area contributed by atoms with Gasteiger partial charge in [-0.2, -0.15) is 0 Å². The molecule has 0 aliphatic rings. The smallest absolute Gasteiger partial charge is 0.219 e. The van der Waals surface area contributed by atoms with Gasteiger partial charge in [0.15, 0.2) is 0 Å². The number of nitrogens with one attached hydrogen (secondary N) is 1. The third kappa shape index (κ3) is 9.52. The molecule has 3 N–H and O–H groups in total. The summed E-state index contributed by atoms with van der Waals surface area (Å²) >= 11 is 0. The maximum absolute atomic E-state index is 11.2. The van der Waals surface area contributed by atoms with Gasteiger partial charge in [0.1, 0.15) is 0 Å². The normalized spacial score (nSPS) is 10.1. The standard InChI is InChI=1S/C11H24N2O/c1-2-10-13-11(14)8-6-4-3-5-7-9-12/h2-10,12H2,1H3,(H,13,14). The average molecular weight is 200 g/mol. The van der Waals surface area contributed by atoms with E-state index < -0.39 is 0 Å². The first-order chi connectivity index (χ1) is 6.81. The Bertz CT molecular complexity index is 137. The molecule has 0 radical (unpaired) electrons. The fraction of sp³-hybridized carbons (Fsp3) is 0.909. The molecule has 1 amide bonds. The summed E-state index contributed by atoms with van der Waals surface area (Å²) < 4.78 is 0. The minimum atomic E-state index is 0.200. The van der Waals surface area contributed by atoms with Gasteiger partial charge in [-0.15, -0.1) is 0 Å². The van der Waals surface area contributed by atoms with E-state index in [9.17, 15) is 4.79 Å². The fourth-order valence-corrected chi connectivity index (χ4v) is 1.31. The molecule has 84 valence electrons. The Morgan fingerprint density at radius 1 is 1.14 bits per heavy atom. The molecule has 0 aliphatic carbocycles. The lowest BCUT2D eigenvalue weighted by atomic mass is 10.1. The zero-order valence-electron chi connectivity index (χ0n) is 9.35. The van der Waals surface area contributed by atoms with Gasteiger partial charge in [-0.1, -0.05) is 26.2 Å². The van der Waals surface area contributed by atoms with Crippen molar-refractivity contribution in [1.29, 1.82) is 0 Å².